The molecule has 6 heteroatoms. The summed E-state index contributed by atoms with van der Waals surface area (Å²) in [7, 11) is 0. The molecule has 1 amide bonds. The largest absolute Gasteiger partial charge is 0.364 e. The van der Waals surface area contributed by atoms with Crippen LogP contribution in [-0.4, -0.2) is 20.7 Å². The van der Waals surface area contributed by atoms with Crippen molar-refractivity contribution in [3.8, 4) is 5.82 Å². The highest BCUT2D eigenvalue weighted by Crippen LogP contribution is 2.40. The number of carbonyl (C=O) groups is 1. The summed E-state index contributed by atoms with van der Waals surface area (Å²) in [4.78, 5) is 16.2. The number of carbonyl (C=O) groups excluding carboxylic acids is 1. The summed E-state index contributed by atoms with van der Waals surface area (Å²) in [5.74, 6) is 0.744. The highest BCUT2D eigenvalue weighted by Gasteiger charge is 2.37. The molecule has 1 aliphatic rings. The maximum atomic E-state index is 11.8. The number of aromatic nitrogens is 3. The summed E-state index contributed by atoms with van der Waals surface area (Å²) >= 11 is 2.25. The van der Waals surface area contributed by atoms with Gasteiger partial charge >= 0.3 is 0 Å². The Hall–Kier alpha value is -1.44. The molecule has 0 saturated heterocycles. The van der Waals surface area contributed by atoms with Gasteiger partial charge in [-0.1, -0.05) is 20.8 Å². The van der Waals surface area contributed by atoms with Gasteiger partial charge in [0, 0.05) is 15.3 Å². The second-order valence-corrected chi connectivity index (χ2v) is 7.90. The Bertz CT molecular complexity index is 751. The Morgan fingerprint density at radius 1 is 1.50 bits per heavy atom. The molecule has 2 aromatic rings. The molecule has 2 N–H and O–H groups in total. The van der Waals surface area contributed by atoms with Crippen LogP contribution in [0.25, 0.3) is 5.82 Å². The van der Waals surface area contributed by atoms with Crippen LogP contribution in [-0.2, 0) is 12.8 Å². The molecule has 0 aromatic carbocycles. The summed E-state index contributed by atoms with van der Waals surface area (Å²) in [6, 6.07) is 3.89. The molecular weight excluding hydrogens is 391 g/mol. The van der Waals surface area contributed by atoms with Crippen molar-refractivity contribution in [2.24, 2.45) is 17.1 Å². The van der Waals surface area contributed by atoms with Gasteiger partial charge in [0.25, 0.3) is 5.91 Å². The summed E-state index contributed by atoms with van der Waals surface area (Å²) < 4.78 is 2.88. The van der Waals surface area contributed by atoms with E-state index in [2.05, 4.69) is 53.4 Å². The standard InChI is InChI=1S/C16H19IN4O/c1-9-6-11-12(8-16(9,2)3)21(20-14(11)15(18)22)13-7-10(17)4-5-19-13/h4-5,7,9H,6,8H2,1-3H3,(H2,18,22). The average molecular weight is 410 g/mol. The second kappa shape index (κ2) is 5.33. The molecule has 2 aromatic heterocycles. The molecular formula is C16H19IN4O. The van der Waals surface area contributed by atoms with E-state index < -0.39 is 5.91 Å². The number of nitrogens with zero attached hydrogens (tertiary/aromatic N) is 3. The third-order valence-electron chi connectivity index (χ3n) is 4.72. The number of hydrogen-bond acceptors (Lipinski definition) is 3. The molecule has 0 aliphatic heterocycles. The van der Waals surface area contributed by atoms with E-state index >= 15 is 0 Å². The first kappa shape index (κ1) is 15.5. The van der Waals surface area contributed by atoms with Crippen LogP contribution in [0, 0.1) is 14.9 Å². The lowest BCUT2D eigenvalue weighted by atomic mass is 9.69. The summed E-state index contributed by atoms with van der Waals surface area (Å²) in [6.45, 7) is 6.73. The van der Waals surface area contributed by atoms with Gasteiger partial charge in [0.1, 0.15) is 0 Å². The van der Waals surface area contributed by atoms with Crippen molar-refractivity contribution in [3.63, 3.8) is 0 Å². The van der Waals surface area contributed by atoms with Crippen molar-refractivity contribution in [1.29, 1.82) is 0 Å². The monoisotopic (exact) mass is 410 g/mol. The quantitative estimate of drug-likeness (QED) is 0.774. The van der Waals surface area contributed by atoms with Gasteiger partial charge in [-0.25, -0.2) is 9.67 Å². The molecule has 0 bridgehead atoms. The zero-order valence-corrected chi connectivity index (χ0v) is 15.1. The molecule has 0 radical (unpaired) electrons. The third kappa shape index (κ3) is 2.53. The number of fused-ring (bicyclic) bond motifs is 1. The minimum atomic E-state index is -0.465. The molecule has 0 saturated carbocycles. The Balaban J connectivity index is 2.21. The van der Waals surface area contributed by atoms with Gasteiger partial charge in [-0.2, -0.15) is 5.10 Å². The maximum absolute atomic E-state index is 11.8. The van der Waals surface area contributed by atoms with Gasteiger partial charge in [0.2, 0.25) is 0 Å². The molecule has 1 unspecified atom stereocenters. The zero-order valence-electron chi connectivity index (χ0n) is 12.9. The van der Waals surface area contributed by atoms with Crippen molar-refractivity contribution < 1.29 is 4.79 Å². The van der Waals surface area contributed by atoms with Crippen molar-refractivity contribution in [1.82, 2.24) is 14.8 Å². The topological polar surface area (TPSA) is 73.8 Å². The molecule has 1 aliphatic carbocycles. The fraction of sp³-hybridized carbons (Fsp3) is 0.438. The van der Waals surface area contributed by atoms with E-state index in [1.165, 1.54) is 0 Å². The predicted octanol–water partition coefficient (Wildman–Crippen LogP) is 2.73. The fourth-order valence-corrected chi connectivity index (χ4v) is 3.41. The zero-order chi connectivity index (χ0) is 16.1. The van der Waals surface area contributed by atoms with Gasteiger partial charge < -0.3 is 5.73 Å². The van der Waals surface area contributed by atoms with Gasteiger partial charge in [0.05, 0.1) is 5.69 Å². The number of hydrogen-bond donors (Lipinski definition) is 1. The molecule has 1 atom stereocenters. The van der Waals surface area contributed by atoms with Crippen molar-refractivity contribution in [2.75, 3.05) is 0 Å². The van der Waals surface area contributed by atoms with Gasteiger partial charge in [-0.15, -0.1) is 0 Å². The second-order valence-electron chi connectivity index (χ2n) is 6.65. The lowest BCUT2D eigenvalue weighted by molar-refractivity contribution is 0.0993. The number of halogens is 1. The van der Waals surface area contributed by atoms with E-state index in [0.29, 0.717) is 11.6 Å². The van der Waals surface area contributed by atoms with Crippen LogP contribution < -0.4 is 5.73 Å². The van der Waals surface area contributed by atoms with Crippen molar-refractivity contribution in [3.05, 3.63) is 38.9 Å². The number of nitrogens with two attached hydrogens (primary N) is 1. The summed E-state index contributed by atoms with van der Waals surface area (Å²) in [5, 5.41) is 4.48. The molecule has 116 valence electrons. The minimum absolute atomic E-state index is 0.154. The van der Waals surface area contributed by atoms with Gasteiger partial charge in [-0.05, 0) is 58.9 Å². The van der Waals surface area contributed by atoms with Crippen LogP contribution in [0.5, 0.6) is 0 Å². The Morgan fingerprint density at radius 2 is 2.23 bits per heavy atom. The molecule has 0 spiro atoms. The van der Waals surface area contributed by atoms with Crippen LogP contribution in [0.1, 0.15) is 42.5 Å². The fourth-order valence-electron chi connectivity index (χ4n) is 2.97. The Labute approximate surface area is 143 Å². The first-order chi connectivity index (χ1) is 10.3. The summed E-state index contributed by atoms with van der Waals surface area (Å²) in [5.41, 5.74) is 8.12. The smallest absolute Gasteiger partial charge is 0.269 e. The normalized spacial score (nSPS) is 19.7. The maximum Gasteiger partial charge on any atom is 0.269 e. The van der Waals surface area contributed by atoms with E-state index in [1.807, 2.05) is 12.1 Å². The molecule has 2 heterocycles. The van der Waals surface area contributed by atoms with Crippen LogP contribution in [0.2, 0.25) is 0 Å². The number of pyridine rings is 1. The van der Waals surface area contributed by atoms with Crippen LogP contribution >= 0.6 is 22.6 Å². The highest BCUT2D eigenvalue weighted by atomic mass is 127. The molecule has 3 rings (SSSR count). The first-order valence-corrected chi connectivity index (χ1v) is 8.40. The molecule has 0 fully saturated rings. The third-order valence-corrected chi connectivity index (χ3v) is 5.39. The lowest BCUT2D eigenvalue weighted by Crippen LogP contribution is -2.32. The molecule has 22 heavy (non-hydrogen) atoms. The van der Waals surface area contributed by atoms with Crippen LogP contribution in [0.15, 0.2) is 18.3 Å². The Morgan fingerprint density at radius 3 is 2.86 bits per heavy atom. The van der Waals surface area contributed by atoms with E-state index in [4.69, 9.17) is 5.73 Å². The Kier molecular flexibility index (Phi) is 3.74. The average Bonchev–Trinajstić information content (AvgIpc) is 2.77. The SMILES string of the molecule is CC1Cc2c(C(N)=O)nn(-c3cc(I)ccn3)c2CC1(C)C. The predicted molar refractivity (Wildman–Crippen MR) is 92.9 cm³/mol. The molecule has 5 nitrogen and oxygen atoms in total. The number of rotatable bonds is 2. The highest BCUT2D eigenvalue weighted by molar-refractivity contribution is 14.1. The lowest BCUT2D eigenvalue weighted by Gasteiger charge is -2.36. The minimum Gasteiger partial charge on any atom is -0.364 e. The van der Waals surface area contributed by atoms with E-state index in [9.17, 15) is 4.79 Å². The summed E-state index contributed by atoms with van der Waals surface area (Å²) in [6.07, 6.45) is 3.44. The number of primary amides is 1. The van der Waals surface area contributed by atoms with E-state index in [0.717, 1.165) is 33.5 Å². The first-order valence-electron chi connectivity index (χ1n) is 7.32. The van der Waals surface area contributed by atoms with Gasteiger partial charge in [0.15, 0.2) is 11.5 Å². The van der Waals surface area contributed by atoms with Crippen LogP contribution in [0.4, 0.5) is 0 Å². The van der Waals surface area contributed by atoms with E-state index in [1.54, 1.807) is 10.9 Å². The number of amides is 1. The van der Waals surface area contributed by atoms with Gasteiger partial charge in [-0.3, -0.25) is 4.79 Å². The van der Waals surface area contributed by atoms with Crippen LogP contribution in [0.3, 0.4) is 0 Å². The van der Waals surface area contributed by atoms with Crippen molar-refractivity contribution in [2.45, 2.75) is 33.6 Å². The van der Waals surface area contributed by atoms with E-state index in [-0.39, 0.29) is 5.41 Å². The van der Waals surface area contributed by atoms with Crippen molar-refractivity contribution >= 4 is 28.5 Å².